The Morgan fingerprint density at radius 3 is 2.32 bits per heavy atom. The SMILES string of the molecule is OC(CCc1ccc(F)cc1)(CC1CCNCC1)c1ccc(Cl)cc1. The van der Waals surface area contributed by atoms with Crippen LogP contribution in [0.25, 0.3) is 0 Å². The largest absolute Gasteiger partial charge is 0.385 e. The van der Waals surface area contributed by atoms with E-state index >= 15 is 0 Å². The molecule has 2 aromatic carbocycles. The first-order chi connectivity index (χ1) is 12.0. The van der Waals surface area contributed by atoms with Crippen molar-refractivity contribution >= 4 is 11.6 Å². The van der Waals surface area contributed by atoms with Gasteiger partial charge in [-0.1, -0.05) is 35.9 Å². The third kappa shape index (κ3) is 5.04. The molecule has 25 heavy (non-hydrogen) atoms. The molecule has 1 unspecified atom stereocenters. The summed E-state index contributed by atoms with van der Waals surface area (Å²) in [4.78, 5) is 0. The molecule has 1 heterocycles. The fourth-order valence-electron chi connectivity index (χ4n) is 3.69. The van der Waals surface area contributed by atoms with Gasteiger partial charge in [-0.2, -0.15) is 0 Å². The van der Waals surface area contributed by atoms with Gasteiger partial charge in [0.05, 0.1) is 5.60 Å². The van der Waals surface area contributed by atoms with Crippen molar-refractivity contribution in [1.29, 1.82) is 0 Å². The van der Waals surface area contributed by atoms with E-state index in [1.807, 2.05) is 24.3 Å². The molecular formula is C21H25ClFNO. The van der Waals surface area contributed by atoms with Crippen molar-refractivity contribution in [2.45, 2.75) is 37.7 Å². The van der Waals surface area contributed by atoms with Gasteiger partial charge in [0.2, 0.25) is 0 Å². The average Bonchev–Trinajstić information content (AvgIpc) is 2.63. The Bertz CT molecular complexity index is 667. The van der Waals surface area contributed by atoms with E-state index in [1.54, 1.807) is 12.1 Å². The number of halogens is 2. The van der Waals surface area contributed by atoms with E-state index in [2.05, 4.69) is 5.32 Å². The molecule has 0 bridgehead atoms. The van der Waals surface area contributed by atoms with Crippen molar-refractivity contribution in [3.63, 3.8) is 0 Å². The number of hydrogen-bond acceptors (Lipinski definition) is 2. The van der Waals surface area contributed by atoms with Gasteiger partial charge in [-0.3, -0.25) is 0 Å². The first-order valence-corrected chi connectivity index (χ1v) is 9.36. The predicted molar refractivity (Wildman–Crippen MR) is 100 cm³/mol. The van der Waals surface area contributed by atoms with Crippen LogP contribution in [0.15, 0.2) is 48.5 Å². The molecule has 4 heteroatoms. The summed E-state index contributed by atoms with van der Waals surface area (Å²) < 4.78 is 13.1. The van der Waals surface area contributed by atoms with Gasteiger partial charge in [0.25, 0.3) is 0 Å². The molecule has 134 valence electrons. The highest BCUT2D eigenvalue weighted by Gasteiger charge is 2.32. The molecule has 1 saturated heterocycles. The monoisotopic (exact) mass is 361 g/mol. The minimum absolute atomic E-state index is 0.230. The molecule has 1 fully saturated rings. The molecule has 3 rings (SSSR count). The summed E-state index contributed by atoms with van der Waals surface area (Å²) >= 11 is 6.02. The molecule has 2 aromatic rings. The van der Waals surface area contributed by atoms with Crippen molar-refractivity contribution in [2.24, 2.45) is 5.92 Å². The first-order valence-electron chi connectivity index (χ1n) is 8.99. The Morgan fingerprint density at radius 1 is 1.04 bits per heavy atom. The molecule has 0 amide bonds. The second-order valence-corrected chi connectivity index (χ2v) is 7.50. The lowest BCUT2D eigenvalue weighted by Gasteiger charge is -2.34. The minimum Gasteiger partial charge on any atom is -0.385 e. The second kappa shape index (κ2) is 8.31. The predicted octanol–water partition coefficient (Wildman–Crippen LogP) is 4.69. The molecule has 1 aliphatic rings. The third-order valence-corrected chi connectivity index (χ3v) is 5.46. The van der Waals surface area contributed by atoms with Crippen LogP contribution in [0.4, 0.5) is 4.39 Å². The Kier molecular flexibility index (Phi) is 6.10. The molecule has 2 nitrogen and oxygen atoms in total. The van der Waals surface area contributed by atoms with E-state index in [0.717, 1.165) is 43.5 Å². The van der Waals surface area contributed by atoms with Crippen molar-refractivity contribution in [3.8, 4) is 0 Å². The zero-order valence-corrected chi connectivity index (χ0v) is 15.1. The molecule has 1 aliphatic heterocycles. The summed E-state index contributed by atoms with van der Waals surface area (Å²) in [5, 5.41) is 15.6. The summed E-state index contributed by atoms with van der Waals surface area (Å²) in [5.74, 6) is 0.279. The molecule has 0 spiro atoms. The van der Waals surface area contributed by atoms with Crippen LogP contribution in [0.5, 0.6) is 0 Å². The number of nitrogens with one attached hydrogen (secondary N) is 1. The van der Waals surface area contributed by atoms with Gasteiger partial charge < -0.3 is 10.4 Å². The van der Waals surface area contributed by atoms with Crippen LogP contribution < -0.4 is 5.32 Å². The zero-order chi connectivity index (χ0) is 17.7. The van der Waals surface area contributed by atoms with Crippen LogP contribution in [0.1, 0.15) is 36.8 Å². The Labute approximate surface area is 154 Å². The van der Waals surface area contributed by atoms with E-state index < -0.39 is 5.60 Å². The quantitative estimate of drug-likeness (QED) is 0.782. The van der Waals surface area contributed by atoms with Gasteiger partial charge in [-0.25, -0.2) is 4.39 Å². The highest BCUT2D eigenvalue weighted by molar-refractivity contribution is 6.30. The van der Waals surface area contributed by atoms with Gasteiger partial charge in [0, 0.05) is 5.02 Å². The van der Waals surface area contributed by atoms with Gasteiger partial charge in [-0.05, 0) is 86.5 Å². The summed E-state index contributed by atoms with van der Waals surface area (Å²) in [7, 11) is 0. The van der Waals surface area contributed by atoms with Crippen LogP contribution in [0.2, 0.25) is 5.02 Å². The number of rotatable bonds is 6. The summed E-state index contributed by atoms with van der Waals surface area (Å²) in [6, 6.07) is 14.1. The lowest BCUT2D eigenvalue weighted by molar-refractivity contribution is -0.00154. The number of aryl methyl sites for hydroxylation is 1. The van der Waals surface area contributed by atoms with E-state index in [1.165, 1.54) is 12.1 Å². The molecular weight excluding hydrogens is 337 g/mol. The summed E-state index contributed by atoms with van der Waals surface area (Å²) in [5.41, 5.74) is 1.07. The fraction of sp³-hybridized carbons (Fsp3) is 0.429. The van der Waals surface area contributed by atoms with Gasteiger partial charge in [-0.15, -0.1) is 0 Å². The van der Waals surface area contributed by atoms with Crippen molar-refractivity contribution < 1.29 is 9.50 Å². The maximum absolute atomic E-state index is 13.1. The van der Waals surface area contributed by atoms with Crippen LogP contribution >= 0.6 is 11.6 Å². The number of hydrogen-bond donors (Lipinski definition) is 2. The molecule has 0 aliphatic carbocycles. The lowest BCUT2D eigenvalue weighted by atomic mass is 9.78. The van der Waals surface area contributed by atoms with E-state index in [9.17, 15) is 9.50 Å². The Morgan fingerprint density at radius 2 is 1.68 bits per heavy atom. The number of aliphatic hydroxyl groups is 1. The molecule has 0 radical (unpaired) electrons. The molecule has 0 saturated carbocycles. The number of benzene rings is 2. The lowest BCUT2D eigenvalue weighted by Crippen LogP contribution is -2.35. The van der Waals surface area contributed by atoms with Crippen LogP contribution in [0, 0.1) is 11.7 Å². The second-order valence-electron chi connectivity index (χ2n) is 7.06. The molecule has 1 atom stereocenters. The maximum atomic E-state index is 13.1. The molecule has 0 aromatic heterocycles. The normalized spacial score (nSPS) is 18.0. The average molecular weight is 362 g/mol. The van der Waals surface area contributed by atoms with Gasteiger partial charge in [0.1, 0.15) is 5.82 Å². The van der Waals surface area contributed by atoms with E-state index in [0.29, 0.717) is 23.8 Å². The topological polar surface area (TPSA) is 32.3 Å². The first kappa shape index (κ1) is 18.4. The Balaban J connectivity index is 1.77. The van der Waals surface area contributed by atoms with Gasteiger partial charge >= 0.3 is 0 Å². The fourth-order valence-corrected chi connectivity index (χ4v) is 3.82. The third-order valence-electron chi connectivity index (χ3n) is 5.21. The van der Waals surface area contributed by atoms with E-state index in [-0.39, 0.29) is 5.82 Å². The van der Waals surface area contributed by atoms with Crippen molar-refractivity contribution in [1.82, 2.24) is 5.32 Å². The van der Waals surface area contributed by atoms with Crippen LogP contribution in [0.3, 0.4) is 0 Å². The standard InChI is InChI=1S/C21H25ClFNO/c22-19-5-3-18(4-6-19)21(25,15-17-10-13-24-14-11-17)12-9-16-1-7-20(23)8-2-16/h1-8,17,24-25H,9-15H2. The number of piperidine rings is 1. The zero-order valence-electron chi connectivity index (χ0n) is 14.3. The van der Waals surface area contributed by atoms with Crippen LogP contribution in [-0.4, -0.2) is 18.2 Å². The maximum Gasteiger partial charge on any atom is 0.123 e. The van der Waals surface area contributed by atoms with Crippen molar-refractivity contribution in [2.75, 3.05) is 13.1 Å². The van der Waals surface area contributed by atoms with Gasteiger partial charge in [0.15, 0.2) is 0 Å². The van der Waals surface area contributed by atoms with Crippen molar-refractivity contribution in [3.05, 3.63) is 70.5 Å². The highest BCUT2D eigenvalue weighted by Crippen LogP contribution is 2.36. The molecule has 2 N–H and O–H groups in total. The minimum atomic E-state index is -0.888. The highest BCUT2D eigenvalue weighted by atomic mass is 35.5. The Hall–Kier alpha value is -1.42. The summed E-state index contributed by atoms with van der Waals surface area (Å²) in [6.07, 6.45) is 4.25. The summed E-state index contributed by atoms with van der Waals surface area (Å²) in [6.45, 7) is 2.03. The smallest absolute Gasteiger partial charge is 0.123 e. The van der Waals surface area contributed by atoms with E-state index in [4.69, 9.17) is 11.6 Å². The van der Waals surface area contributed by atoms with Crippen LogP contribution in [-0.2, 0) is 12.0 Å².